The molecule has 1 aromatic carbocycles. The van der Waals surface area contributed by atoms with Crippen molar-refractivity contribution in [3.8, 4) is 11.4 Å². The number of carboxylic acid groups (broad SMARTS) is 1. The molecule has 0 saturated heterocycles. The van der Waals surface area contributed by atoms with Crippen molar-refractivity contribution in [1.29, 1.82) is 0 Å². The summed E-state index contributed by atoms with van der Waals surface area (Å²) in [6, 6.07) is 5.11. The molecule has 0 bridgehead atoms. The number of rotatable bonds is 4. The lowest BCUT2D eigenvalue weighted by molar-refractivity contribution is -0.136. The highest BCUT2D eigenvalue weighted by Crippen LogP contribution is 2.29. The van der Waals surface area contributed by atoms with Crippen molar-refractivity contribution in [2.45, 2.75) is 26.7 Å². The number of carbonyl (C=O) groups is 1. The minimum Gasteiger partial charge on any atom is -0.481 e. The Hall–Kier alpha value is -2.18. The smallest absolute Gasteiger partial charge is 0.303 e. The van der Waals surface area contributed by atoms with Gasteiger partial charge in [-0.15, -0.1) is 5.10 Å². The lowest BCUT2D eigenvalue weighted by Crippen LogP contribution is -2.08. The molecule has 6 nitrogen and oxygen atoms in total. The van der Waals surface area contributed by atoms with E-state index in [1.54, 1.807) is 22.7 Å². The zero-order valence-corrected chi connectivity index (χ0v) is 14.6. The average Bonchev–Trinajstić information content (AvgIpc) is 2.90. The van der Waals surface area contributed by atoms with E-state index in [1.165, 1.54) is 0 Å². The first kappa shape index (κ1) is 16.7. The lowest BCUT2D eigenvalue weighted by atomic mass is 10.1. The Morgan fingerprint density at radius 2 is 2.00 bits per heavy atom. The molecular formula is C16H14Cl2N4O2. The van der Waals surface area contributed by atoms with Gasteiger partial charge in [-0.1, -0.05) is 23.2 Å². The van der Waals surface area contributed by atoms with Crippen LogP contribution in [0.1, 0.15) is 23.4 Å². The monoisotopic (exact) mass is 364 g/mol. The second kappa shape index (κ2) is 6.37. The summed E-state index contributed by atoms with van der Waals surface area (Å²) in [6.45, 7) is 3.72. The van der Waals surface area contributed by atoms with Crippen LogP contribution in [-0.2, 0) is 11.2 Å². The highest BCUT2D eigenvalue weighted by Gasteiger charge is 2.16. The van der Waals surface area contributed by atoms with Crippen molar-refractivity contribution in [1.82, 2.24) is 19.6 Å². The average molecular weight is 365 g/mol. The summed E-state index contributed by atoms with van der Waals surface area (Å²) in [5, 5.41) is 14.4. The molecule has 24 heavy (non-hydrogen) atoms. The van der Waals surface area contributed by atoms with Crippen LogP contribution < -0.4 is 0 Å². The van der Waals surface area contributed by atoms with Crippen molar-refractivity contribution in [2.75, 3.05) is 0 Å². The van der Waals surface area contributed by atoms with Gasteiger partial charge >= 0.3 is 5.97 Å². The van der Waals surface area contributed by atoms with E-state index >= 15 is 0 Å². The molecule has 0 radical (unpaired) electrons. The molecule has 0 aliphatic heterocycles. The molecule has 0 aliphatic carbocycles. The third-order valence-corrected chi connectivity index (χ3v) is 4.36. The maximum absolute atomic E-state index is 10.8. The molecule has 0 unspecified atom stereocenters. The highest BCUT2D eigenvalue weighted by molar-refractivity contribution is 6.36. The molecule has 0 aliphatic rings. The first-order chi connectivity index (χ1) is 11.4. The van der Waals surface area contributed by atoms with Gasteiger partial charge < -0.3 is 5.11 Å². The van der Waals surface area contributed by atoms with Gasteiger partial charge in [0.2, 0.25) is 0 Å². The summed E-state index contributed by atoms with van der Waals surface area (Å²) in [6.07, 6.45) is 0.437. The predicted octanol–water partition coefficient (Wildman–Crippen LogP) is 3.73. The Bertz CT molecular complexity index is 953. The Morgan fingerprint density at radius 3 is 2.67 bits per heavy atom. The maximum atomic E-state index is 10.8. The zero-order valence-electron chi connectivity index (χ0n) is 13.0. The van der Waals surface area contributed by atoms with E-state index in [1.807, 2.05) is 13.8 Å². The van der Waals surface area contributed by atoms with Crippen LogP contribution in [0.15, 0.2) is 18.2 Å². The third-order valence-electron chi connectivity index (χ3n) is 3.81. The molecule has 0 atom stereocenters. The van der Waals surface area contributed by atoms with Gasteiger partial charge in [0, 0.05) is 28.4 Å². The van der Waals surface area contributed by atoms with Gasteiger partial charge in [0.15, 0.2) is 5.82 Å². The summed E-state index contributed by atoms with van der Waals surface area (Å²) < 4.78 is 1.62. The van der Waals surface area contributed by atoms with E-state index in [9.17, 15) is 4.79 Å². The molecule has 3 aromatic rings. The van der Waals surface area contributed by atoms with Gasteiger partial charge in [0.25, 0.3) is 5.78 Å². The number of carboxylic acids is 1. The van der Waals surface area contributed by atoms with Crippen molar-refractivity contribution in [3.05, 3.63) is 45.2 Å². The summed E-state index contributed by atoms with van der Waals surface area (Å²) >= 11 is 12.1. The molecule has 1 N–H and O–H groups in total. The number of nitrogens with zero attached hydrogens (tertiary/aromatic N) is 4. The molecular weight excluding hydrogens is 351 g/mol. The molecule has 3 rings (SSSR count). The lowest BCUT2D eigenvalue weighted by Gasteiger charge is -2.08. The summed E-state index contributed by atoms with van der Waals surface area (Å²) in [5.41, 5.74) is 3.10. The zero-order chi connectivity index (χ0) is 17.4. The van der Waals surface area contributed by atoms with Gasteiger partial charge in [0.05, 0.1) is 5.02 Å². The number of aryl methyl sites for hydroxylation is 2. The molecule has 2 aromatic heterocycles. The van der Waals surface area contributed by atoms with Crippen molar-refractivity contribution < 1.29 is 9.90 Å². The van der Waals surface area contributed by atoms with Crippen molar-refractivity contribution >= 4 is 34.9 Å². The maximum Gasteiger partial charge on any atom is 0.303 e. The number of aromatic nitrogens is 4. The number of aliphatic carboxylic acids is 1. The minimum absolute atomic E-state index is 0.0411. The van der Waals surface area contributed by atoms with E-state index < -0.39 is 5.97 Å². The number of hydrogen-bond donors (Lipinski definition) is 1. The van der Waals surface area contributed by atoms with Gasteiger partial charge in [0.1, 0.15) is 0 Å². The Balaban J connectivity index is 2.11. The van der Waals surface area contributed by atoms with Crippen molar-refractivity contribution in [3.63, 3.8) is 0 Å². The fourth-order valence-electron chi connectivity index (χ4n) is 2.59. The fourth-order valence-corrected chi connectivity index (χ4v) is 3.08. The van der Waals surface area contributed by atoms with Crippen LogP contribution in [0.5, 0.6) is 0 Å². The molecule has 0 fully saturated rings. The second-order valence-electron chi connectivity index (χ2n) is 5.43. The first-order valence-electron chi connectivity index (χ1n) is 7.27. The van der Waals surface area contributed by atoms with E-state index in [0.29, 0.717) is 33.6 Å². The minimum atomic E-state index is -0.846. The van der Waals surface area contributed by atoms with Crippen LogP contribution in [0.2, 0.25) is 10.0 Å². The van der Waals surface area contributed by atoms with Crippen LogP contribution in [-0.4, -0.2) is 30.7 Å². The standard InChI is InChI=1S/C16H14Cl2N4O2/c1-8-11(5-6-14(23)24)9(2)22-16(19-8)20-15(21-22)12-4-3-10(17)7-13(12)18/h3-4,7H,5-6H2,1-2H3,(H,23,24). The SMILES string of the molecule is Cc1nc2nc(-c3ccc(Cl)cc3Cl)nn2c(C)c1CCC(=O)O. The fraction of sp³-hybridized carbons (Fsp3) is 0.250. The molecule has 8 heteroatoms. The highest BCUT2D eigenvalue weighted by atomic mass is 35.5. The molecule has 0 amide bonds. The van der Waals surface area contributed by atoms with Crippen LogP contribution in [0.25, 0.3) is 17.2 Å². The molecule has 124 valence electrons. The van der Waals surface area contributed by atoms with Crippen molar-refractivity contribution in [2.24, 2.45) is 0 Å². The predicted molar refractivity (Wildman–Crippen MR) is 91.7 cm³/mol. The molecule has 0 saturated carbocycles. The molecule has 2 heterocycles. The van der Waals surface area contributed by atoms with Gasteiger partial charge in [-0.2, -0.15) is 4.98 Å². The Morgan fingerprint density at radius 1 is 1.25 bits per heavy atom. The summed E-state index contributed by atoms with van der Waals surface area (Å²) in [7, 11) is 0. The van der Waals surface area contributed by atoms with Crippen LogP contribution in [0, 0.1) is 13.8 Å². The summed E-state index contributed by atoms with van der Waals surface area (Å²) in [5.74, 6) is 0.0493. The Kier molecular flexibility index (Phi) is 4.43. The van der Waals surface area contributed by atoms with E-state index in [4.69, 9.17) is 28.3 Å². The third kappa shape index (κ3) is 3.07. The Labute approximate surface area is 148 Å². The quantitative estimate of drug-likeness (QED) is 0.762. The van der Waals surface area contributed by atoms with Gasteiger partial charge in [-0.3, -0.25) is 4.79 Å². The first-order valence-corrected chi connectivity index (χ1v) is 8.02. The topological polar surface area (TPSA) is 80.4 Å². The second-order valence-corrected chi connectivity index (χ2v) is 6.27. The van der Waals surface area contributed by atoms with E-state index in [0.717, 1.165) is 17.0 Å². The van der Waals surface area contributed by atoms with Crippen LogP contribution >= 0.6 is 23.2 Å². The van der Waals surface area contributed by atoms with Crippen LogP contribution in [0.4, 0.5) is 0 Å². The number of fused-ring (bicyclic) bond motifs is 1. The van der Waals surface area contributed by atoms with E-state index in [-0.39, 0.29) is 6.42 Å². The summed E-state index contributed by atoms with van der Waals surface area (Å²) in [4.78, 5) is 19.7. The van der Waals surface area contributed by atoms with Gasteiger partial charge in [-0.25, -0.2) is 9.50 Å². The normalized spacial score (nSPS) is 11.2. The molecule has 0 spiro atoms. The number of halogens is 2. The number of benzene rings is 1. The largest absolute Gasteiger partial charge is 0.481 e. The van der Waals surface area contributed by atoms with Gasteiger partial charge in [-0.05, 0) is 44.0 Å². The van der Waals surface area contributed by atoms with Crippen LogP contribution in [0.3, 0.4) is 0 Å². The van der Waals surface area contributed by atoms with E-state index in [2.05, 4.69) is 15.1 Å². The number of hydrogen-bond acceptors (Lipinski definition) is 4.